The van der Waals surface area contributed by atoms with Gasteiger partial charge in [-0.25, -0.2) is 17.2 Å². The number of rotatable bonds is 6. The van der Waals surface area contributed by atoms with E-state index in [2.05, 4.69) is 16.7 Å². The molecule has 3 aromatic carbocycles. The van der Waals surface area contributed by atoms with Gasteiger partial charge in [0.25, 0.3) is 10.0 Å². The number of nitrogens with zero attached hydrogens (tertiary/aromatic N) is 2. The van der Waals surface area contributed by atoms with E-state index in [1.165, 1.54) is 30.7 Å². The number of hydrogen-bond donors (Lipinski definition) is 0. The molecule has 1 aliphatic rings. The van der Waals surface area contributed by atoms with Crippen LogP contribution in [0.1, 0.15) is 30.4 Å². The van der Waals surface area contributed by atoms with Gasteiger partial charge in [-0.05, 0) is 74.0 Å². The Morgan fingerprint density at radius 3 is 2.40 bits per heavy atom. The van der Waals surface area contributed by atoms with E-state index in [4.69, 9.17) is 11.6 Å². The molecule has 0 N–H and O–H groups in total. The minimum atomic E-state index is -4.25. The highest BCUT2D eigenvalue weighted by molar-refractivity contribution is 7.92. The van der Waals surface area contributed by atoms with Gasteiger partial charge in [-0.3, -0.25) is 9.21 Å². The Balaban J connectivity index is 1.71. The third-order valence-electron chi connectivity index (χ3n) is 5.88. The van der Waals surface area contributed by atoms with Crippen LogP contribution >= 0.6 is 11.6 Å². The predicted octanol–water partition coefficient (Wildman–Crippen LogP) is 5.85. The molecule has 4 nitrogen and oxygen atoms in total. The molecule has 1 aliphatic heterocycles. The second kappa shape index (κ2) is 11.2. The van der Waals surface area contributed by atoms with E-state index in [0.717, 1.165) is 48.4 Å². The van der Waals surface area contributed by atoms with Crippen molar-refractivity contribution in [2.75, 3.05) is 23.9 Å². The summed E-state index contributed by atoms with van der Waals surface area (Å²) in [5.41, 5.74) is 0.841. The first-order valence-corrected chi connectivity index (χ1v) is 13.2. The summed E-state index contributed by atoms with van der Waals surface area (Å²) in [5.74, 6) is 4.73. The number of halogens is 3. The average molecular weight is 515 g/mol. The van der Waals surface area contributed by atoms with Gasteiger partial charge in [-0.15, -0.1) is 0 Å². The van der Waals surface area contributed by atoms with Gasteiger partial charge in [0, 0.05) is 16.7 Å². The summed E-state index contributed by atoms with van der Waals surface area (Å²) in [6.07, 6.45) is 3.56. The summed E-state index contributed by atoms with van der Waals surface area (Å²) >= 11 is 5.92. The SMILES string of the molecule is O=S(=O)(c1ccc(Cl)cc1)N(Cc1ccccc1C#CCN1CCCCC1)c1cc(F)ccc1F. The minimum absolute atomic E-state index is 0.0841. The fraction of sp³-hybridized carbons (Fsp3) is 0.259. The summed E-state index contributed by atoms with van der Waals surface area (Å²) in [6.45, 7) is 2.43. The summed E-state index contributed by atoms with van der Waals surface area (Å²) in [7, 11) is -4.25. The third kappa shape index (κ3) is 6.21. The van der Waals surface area contributed by atoms with Crippen LogP contribution in [0.4, 0.5) is 14.5 Å². The molecule has 0 unspecified atom stereocenters. The maximum atomic E-state index is 14.8. The molecule has 0 saturated carbocycles. The Morgan fingerprint density at radius 2 is 1.66 bits per heavy atom. The lowest BCUT2D eigenvalue weighted by atomic mass is 10.1. The molecule has 3 aromatic rings. The van der Waals surface area contributed by atoms with Crippen molar-refractivity contribution in [1.82, 2.24) is 4.90 Å². The molecule has 182 valence electrons. The van der Waals surface area contributed by atoms with Crippen molar-refractivity contribution < 1.29 is 17.2 Å². The van der Waals surface area contributed by atoms with Crippen LogP contribution in [-0.4, -0.2) is 33.0 Å². The Morgan fingerprint density at radius 1 is 0.943 bits per heavy atom. The molecule has 4 rings (SSSR count). The number of piperidine rings is 1. The van der Waals surface area contributed by atoms with Gasteiger partial charge in [0.15, 0.2) is 0 Å². The molecule has 0 aromatic heterocycles. The summed E-state index contributed by atoms with van der Waals surface area (Å²) < 4.78 is 57.0. The summed E-state index contributed by atoms with van der Waals surface area (Å²) in [6, 6.07) is 15.4. The Labute approximate surface area is 210 Å². The minimum Gasteiger partial charge on any atom is -0.292 e. The van der Waals surface area contributed by atoms with Gasteiger partial charge < -0.3 is 0 Å². The van der Waals surface area contributed by atoms with Crippen LogP contribution in [0, 0.1) is 23.5 Å². The predicted molar refractivity (Wildman–Crippen MR) is 135 cm³/mol. The van der Waals surface area contributed by atoms with E-state index in [-0.39, 0.29) is 17.1 Å². The highest BCUT2D eigenvalue weighted by Crippen LogP contribution is 2.30. The largest absolute Gasteiger partial charge is 0.292 e. The zero-order chi connectivity index (χ0) is 24.8. The van der Waals surface area contributed by atoms with Crippen molar-refractivity contribution >= 4 is 27.3 Å². The molecule has 0 bridgehead atoms. The molecule has 1 fully saturated rings. The number of hydrogen-bond acceptors (Lipinski definition) is 3. The van der Waals surface area contributed by atoms with Crippen LogP contribution in [0.25, 0.3) is 0 Å². The van der Waals surface area contributed by atoms with E-state index in [9.17, 15) is 17.2 Å². The Hall–Kier alpha value is -2.92. The fourth-order valence-corrected chi connectivity index (χ4v) is 5.58. The third-order valence-corrected chi connectivity index (χ3v) is 7.91. The molecular formula is C27H25ClF2N2O2S. The first kappa shape index (κ1) is 25.2. The van der Waals surface area contributed by atoms with Crippen molar-refractivity contribution in [2.45, 2.75) is 30.7 Å². The van der Waals surface area contributed by atoms with Crippen LogP contribution in [0.5, 0.6) is 0 Å². The Kier molecular flexibility index (Phi) is 8.07. The second-order valence-corrected chi connectivity index (χ2v) is 10.7. The van der Waals surface area contributed by atoms with E-state index in [0.29, 0.717) is 22.7 Å². The van der Waals surface area contributed by atoms with Gasteiger partial charge in [0.05, 0.1) is 23.7 Å². The molecule has 1 heterocycles. The number of sulfonamides is 1. The van der Waals surface area contributed by atoms with Crippen LogP contribution in [0.3, 0.4) is 0 Å². The van der Waals surface area contributed by atoms with Crippen molar-refractivity contribution in [3.8, 4) is 11.8 Å². The molecule has 0 radical (unpaired) electrons. The maximum Gasteiger partial charge on any atom is 0.264 e. The van der Waals surface area contributed by atoms with Gasteiger partial charge in [-0.1, -0.05) is 48.1 Å². The van der Waals surface area contributed by atoms with Gasteiger partial charge >= 0.3 is 0 Å². The molecule has 0 atom stereocenters. The number of likely N-dealkylation sites (tertiary alicyclic amines) is 1. The fourth-order valence-electron chi connectivity index (χ4n) is 4.01. The average Bonchev–Trinajstić information content (AvgIpc) is 2.86. The lowest BCUT2D eigenvalue weighted by molar-refractivity contribution is 0.255. The van der Waals surface area contributed by atoms with Crippen molar-refractivity contribution in [2.24, 2.45) is 0 Å². The van der Waals surface area contributed by atoms with Crippen molar-refractivity contribution in [3.63, 3.8) is 0 Å². The quantitative estimate of drug-likeness (QED) is 0.387. The molecule has 8 heteroatoms. The van der Waals surface area contributed by atoms with Gasteiger partial charge in [-0.2, -0.15) is 0 Å². The molecular weight excluding hydrogens is 490 g/mol. The second-order valence-electron chi connectivity index (χ2n) is 8.36. The molecule has 1 saturated heterocycles. The molecule has 35 heavy (non-hydrogen) atoms. The summed E-state index contributed by atoms with van der Waals surface area (Å²) in [5, 5.41) is 0.363. The monoisotopic (exact) mass is 514 g/mol. The van der Waals surface area contributed by atoms with Gasteiger partial charge in [0.1, 0.15) is 11.6 Å². The highest BCUT2D eigenvalue weighted by atomic mass is 35.5. The van der Waals surface area contributed by atoms with E-state index in [1.54, 1.807) is 18.2 Å². The smallest absolute Gasteiger partial charge is 0.264 e. The topological polar surface area (TPSA) is 40.6 Å². The highest BCUT2D eigenvalue weighted by Gasteiger charge is 2.28. The molecule has 0 spiro atoms. The Bertz CT molecular complexity index is 1350. The number of anilines is 1. The zero-order valence-electron chi connectivity index (χ0n) is 19.1. The zero-order valence-corrected chi connectivity index (χ0v) is 20.6. The van der Waals surface area contributed by atoms with Crippen LogP contribution in [-0.2, 0) is 16.6 Å². The van der Waals surface area contributed by atoms with E-state index < -0.39 is 21.7 Å². The van der Waals surface area contributed by atoms with Crippen molar-refractivity contribution in [1.29, 1.82) is 0 Å². The molecule has 0 aliphatic carbocycles. The van der Waals surface area contributed by atoms with Crippen LogP contribution in [0.2, 0.25) is 5.02 Å². The summed E-state index contributed by atoms with van der Waals surface area (Å²) in [4.78, 5) is 2.21. The molecule has 0 amide bonds. The lowest BCUT2D eigenvalue weighted by Crippen LogP contribution is -2.31. The van der Waals surface area contributed by atoms with Crippen LogP contribution < -0.4 is 4.31 Å². The lowest BCUT2D eigenvalue weighted by Gasteiger charge is -2.26. The number of benzene rings is 3. The maximum absolute atomic E-state index is 14.8. The standard InChI is InChI=1S/C27H25ClF2N2O2S/c28-23-10-13-25(14-11-23)35(33,34)32(27-19-24(29)12-15-26(27)30)20-22-8-3-2-7-21(22)9-6-18-31-16-4-1-5-17-31/h2-3,7-8,10-15,19H,1,4-5,16-18,20H2. The normalized spacial score (nSPS) is 14.3. The first-order chi connectivity index (χ1) is 16.8. The van der Waals surface area contributed by atoms with Crippen LogP contribution in [0.15, 0.2) is 71.6 Å². The van der Waals surface area contributed by atoms with E-state index >= 15 is 0 Å². The van der Waals surface area contributed by atoms with E-state index in [1.807, 2.05) is 6.07 Å². The van der Waals surface area contributed by atoms with Crippen molar-refractivity contribution in [3.05, 3.63) is 94.5 Å². The van der Waals surface area contributed by atoms with Gasteiger partial charge in [0.2, 0.25) is 0 Å². The first-order valence-electron chi connectivity index (χ1n) is 11.4.